The summed E-state index contributed by atoms with van der Waals surface area (Å²) in [5.41, 5.74) is 4.53. The minimum absolute atomic E-state index is 0.257. The van der Waals surface area contributed by atoms with Crippen molar-refractivity contribution in [2.45, 2.75) is 58.8 Å². The second kappa shape index (κ2) is 9.74. The molecular formula is C28H29FOS. The third-order valence-corrected chi connectivity index (χ3v) is 6.44. The average Bonchev–Trinajstić information content (AvgIpc) is 2.80. The zero-order chi connectivity index (χ0) is 21.8. The first-order valence-corrected chi connectivity index (χ1v) is 11.8. The minimum atomic E-state index is -0.303. The Morgan fingerprint density at radius 1 is 0.774 bits per heavy atom. The van der Waals surface area contributed by atoms with Crippen molar-refractivity contribution in [3.63, 3.8) is 0 Å². The summed E-state index contributed by atoms with van der Waals surface area (Å²) >= 11 is 5.50. The fourth-order valence-electron chi connectivity index (χ4n) is 4.25. The summed E-state index contributed by atoms with van der Waals surface area (Å²) in [6, 6.07) is 18.8. The first-order chi connectivity index (χ1) is 15.1. The summed E-state index contributed by atoms with van der Waals surface area (Å²) in [5.74, 6) is -0.303. The molecule has 31 heavy (non-hydrogen) atoms. The molecule has 160 valence electrons. The normalized spacial score (nSPS) is 11.5. The molecule has 0 saturated heterocycles. The Balaban J connectivity index is 1.63. The summed E-state index contributed by atoms with van der Waals surface area (Å²) in [5, 5.41) is 2.55. The number of rotatable bonds is 8. The maximum atomic E-state index is 14.8. The molecule has 1 aromatic heterocycles. The van der Waals surface area contributed by atoms with Crippen molar-refractivity contribution in [1.29, 1.82) is 0 Å². The SMILES string of the molecule is CCCCCCCc1ccc(-c2ccc3c(c2)c(=S)oc2c(F)c(CC)ccc23)cc1. The van der Waals surface area contributed by atoms with Crippen molar-refractivity contribution in [3.05, 3.63) is 76.2 Å². The molecule has 0 aliphatic rings. The van der Waals surface area contributed by atoms with Gasteiger partial charge in [0, 0.05) is 10.8 Å². The average molecular weight is 433 g/mol. The quantitative estimate of drug-likeness (QED) is 0.156. The van der Waals surface area contributed by atoms with Gasteiger partial charge in [0.2, 0.25) is 0 Å². The van der Waals surface area contributed by atoms with Gasteiger partial charge in [-0.25, -0.2) is 4.39 Å². The van der Waals surface area contributed by atoms with Crippen LogP contribution in [-0.4, -0.2) is 0 Å². The zero-order valence-corrected chi connectivity index (χ0v) is 19.2. The molecule has 0 atom stereocenters. The summed E-state index contributed by atoms with van der Waals surface area (Å²) < 4.78 is 20.9. The summed E-state index contributed by atoms with van der Waals surface area (Å²) in [6.07, 6.45) is 8.26. The molecular weight excluding hydrogens is 403 g/mol. The summed E-state index contributed by atoms with van der Waals surface area (Å²) in [7, 11) is 0. The van der Waals surface area contributed by atoms with E-state index in [1.807, 2.05) is 25.1 Å². The first-order valence-electron chi connectivity index (χ1n) is 11.4. The van der Waals surface area contributed by atoms with Crippen LogP contribution in [0.1, 0.15) is 57.1 Å². The highest BCUT2D eigenvalue weighted by Gasteiger charge is 2.13. The van der Waals surface area contributed by atoms with Gasteiger partial charge in [0.25, 0.3) is 0 Å². The van der Waals surface area contributed by atoms with Gasteiger partial charge in [-0.05, 0) is 65.2 Å². The lowest BCUT2D eigenvalue weighted by Gasteiger charge is -2.10. The Kier molecular flexibility index (Phi) is 6.82. The lowest BCUT2D eigenvalue weighted by Crippen LogP contribution is -1.91. The number of hydrogen-bond donors (Lipinski definition) is 0. The molecule has 0 aliphatic carbocycles. The maximum absolute atomic E-state index is 14.8. The van der Waals surface area contributed by atoms with Gasteiger partial charge in [-0.2, -0.15) is 0 Å². The Labute approximate surface area is 188 Å². The van der Waals surface area contributed by atoms with Crippen LogP contribution in [0.15, 0.2) is 59.0 Å². The Hall–Kier alpha value is -2.52. The van der Waals surface area contributed by atoms with E-state index in [1.54, 1.807) is 0 Å². The number of unbranched alkanes of at least 4 members (excludes halogenated alkanes) is 4. The lowest BCUT2D eigenvalue weighted by molar-refractivity contribution is 0.540. The third kappa shape index (κ3) is 4.57. The van der Waals surface area contributed by atoms with E-state index < -0.39 is 0 Å². The smallest absolute Gasteiger partial charge is 0.198 e. The number of benzene rings is 3. The number of hydrogen-bond acceptors (Lipinski definition) is 2. The van der Waals surface area contributed by atoms with Gasteiger partial charge in [-0.3, -0.25) is 0 Å². The van der Waals surface area contributed by atoms with Gasteiger partial charge < -0.3 is 4.42 Å². The molecule has 0 saturated carbocycles. The number of aryl methyl sites for hydroxylation is 2. The van der Waals surface area contributed by atoms with E-state index in [-0.39, 0.29) is 11.4 Å². The van der Waals surface area contributed by atoms with Gasteiger partial charge in [0.1, 0.15) is 0 Å². The fourth-order valence-corrected chi connectivity index (χ4v) is 4.51. The second-order valence-electron chi connectivity index (χ2n) is 8.28. The first kappa shape index (κ1) is 21.7. The summed E-state index contributed by atoms with van der Waals surface area (Å²) in [4.78, 5) is 0. The molecule has 0 aliphatic heterocycles. The maximum Gasteiger partial charge on any atom is 0.198 e. The lowest BCUT2D eigenvalue weighted by atomic mass is 9.98. The topological polar surface area (TPSA) is 13.1 Å². The van der Waals surface area contributed by atoms with Gasteiger partial charge in [-0.15, -0.1) is 0 Å². The van der Waals surface area contributed by atoms with E-state index >= 15 is 0 Å². The van der Waals surface area contributed by atoms with Gasteiger partial charge in [0.15, 0.2) is 16.1 Å². The van der Waals surface area contributed by atoms with Gasteiger partial charge in [0.05, 0.1) is 0 Å². The van der Waals surface area contributed by atoms with Crippen molar-refractivity contribution in [3.8, 4) is 11.1 Å². The Morgan fingerprint density at radius 3 is 2.23 bits per heavy atom. The van der Waals surface area contributed by atoms with Crippen molar-refractivity contribution >= 4 is 34.0 Å². The number of fused-ring (bicyclic) bond motifs is 3. The van der Waals surface area contributed by atoms with E-state index in [1.165, 1.54) is 37.7 Å². The molecule has 0 spiro atoms. The molecule has 4 aromatic rings. The monoisotopic (exact) mass is 432 g/mol. The predicted octanol–water partition coefficient (Wildman–Crippen LogP) is 9.20. The van der Waals surface area contributed by atoms with Crippen LogP contribution in [0.4, 0.5) is 4.39 Å². The van der Waals surface area contributed by atoms with E-state index in [0.717, 1.165) is 33.7 Å². The zero-order valence-electron chi connectivity index (χ0n) is 18.3. The highest BCUT2D eigenvalue weighted by atomic mass is 32.1. The van der Waals surface area contributed by atoms with Crippen LogP contribution in [0.25, 0.3) is 32.9 Å². The molecule has 0 bridgehead atoms. The van der Waals surface area contributed by atoms with E-state index in [4.69, 9.17) is 16.6 Å². The molecule has 1 heterocycles. The molecule has 0 N–H and O–H groups in total. The van der Waals surface area contributed by atoms with E-state index in [0.29, 0.717) is 16.7 Å². The minimum Gasteiger partial charge on any atom is -0.441 e. The largest absolute Gasteiger partial charge is 0.441 e. The number of halogens is 1. The standard InChI is InChI=1S/C28H29FOS/c1-3-5-6-7-8-9-19-10-12-21(13-11-19)22-15-16-23-24-17-14-20(4-2)26(29)27(24)30-28(31)25(23)18-22/h10-18H,3-9H2,1-2H3. The molecule has 3 aromatic carbocycles. The summed E-state index contributed by atoms with van der Waals surface area (Å²) in [6.45, 7) is 4.18. The van der Waals surface area contributed by atoms with Crippen LogP contribution in [0.5, 0.6) is 0 Å². The molecule has 1 nitrogen and oxygen atoms in total. The van der Waals surface area contributed by atoms with Crippen LogP contribution in [0.2, 0.25) is 0 Å². The van der Waals surface area contributed by atoms with Crippen LogP contribution in [-0.2, 0) is 12.8 Å². The van der Waals surface area contributed by atoms with Gasteiger partial charge >= 0.3 is 0 Å². The highest BCUT2D eigenvalue weighted by molar-refractivity contribution is 7.71. The Morgan fingerprint density at radius 2 is 1.48 bits per heavy atom. The second-order valence-corrected chi connectivity index (χ2v) is 8.65. The third-order valence-electron chi connectivity index (χ3n) is 6.14. The molecule has 0 fully saturated rings. The molecule has 4 rings (SSSR count). The van der Waals surface area contributed by atoms with Gasteiger partial charge in [-0.1, -0.05) is 88.1 Å². The van der Waals surface area contributed by atoms with Crippen molar-refractivity contribution in [2.24, 2.45) is 0 Å². The molecule has 0 unspecified atom stereocenters. The predicted molar refractivity (Wildman–Crippen MR) is 132 cm³/mol. The van der Waals surface area contributed by atoms with Crippen LogP contribution in [0.3, 0.4) is 0 Å². The van der Waals surface area contributed by atoms with Crippen LogP contribution < -0.4 is 0 Å². The van der Waals surface area contributed by atoms with E-state index in [2.05, 4.69) is 43.3 Å². The van der Waals surface area contributed by atoms with E-state index in [9.17, 15) is 4.39 Å². The van der Waals surface area contributed by atoms with Crippen LogP contribution >= 0.6 is 12.2 Å². The fraction of sp³-hybridized carbons (Fsp3) is 0.321. The van der Waals surface area contributed by atoms with Crippen molar-refractivity contribution in [2.75, 3.05) is 0 Å². The van der Waals surface area contributed by atoms with Crippen molar-refractivity contribution < 1.29 is 8.81 Å². The molecule has 3 heteroatoms. The Bertz CT molecular complexity index is 1250. The van der Waals surface area contributed by atoms with Crippen molar-refractivity contribution in [1.82, 2.24) is 0 Å². The molecule has 0 amide bonds. The molecule has 0 radical (unpaired) electrons. The van der Waals surface area contributed by atoms with Crippen LogP contribution in [0, 0.1) is 10.5 Å². The highest BCUT2D eigenvalue weighted by Crippen LogP contribution is 2.33.